The average molecular weight is 263 g/mol. The number of nitrogens with one attached hydrogen (secondary N) is 1. The zero-order valence-corrected chi connectivity index (χ0v) is 11.6. The van der Waals surface area contributed by atoms with Crippen LogP contribution < -0.4 is 11.1 Å². The van der Waals surface area contributed by atoms with Gasteiger partial charge in [0.2, 0.25) is 0 Å². The van der Waals surface area contributed by atoms with E-state index in [2.05, 4.69) is 27.2 Å². The standard InChI is InChI=1S/C12H17N5S/c1-4-9-10(13)14-6-15-11(9)17-8(3)12-16-7(2)5-18-12/h5-6,8H,4H2,1-3H3,(H3,13,14,15,17). The zero-order valence-electron chi connectivity index (χ0n) is 10.8. The van der Waals surface area contributed by atoms with Crippen LogP contribution in [0.3, 0.4) is 0 Å². The van der Waals surface area contributed by atoms with Crippen LogP contribution in [0.5, 0.6) is 0 Å². The molecule has 1 atom stereocenters. The van der Waals surface area contributed by atoms with Gasteiger partial charge in [-0.1, -0.05) is 6.92 Å². The predicted molar refractivity (Wildman–Crippen MR) is 74.7 cm³/mol. The Hall–Kier alpha value is -1.69. The summed E-state index contributed by atoms with van der Waals surface area (Å²) in [6.45, 7) is 6.10. The van der Waals surface area contributed by atoms with Crippen LogP contribution in [0.4, 0.5) is 11.6 Å². The number of hydrogen-bond acceptors (Lipinski definition) is 6. The summed E-state index contributed by atoms with van der Waals surface area (Å²) in [6, 6.07) is 0.114. The van der Waals surface area contributed by atoms with Gasteiger partial charge in [0.25, 0.3) is 0 Å². The van der Waals surface area contributed by atoms with Crippen molar-refractivity contribution in [2.24, 2.45) is 0 Å². The highest BCUT2D eigenvalue weighted by Crippen LogP contribution is 2.25. The van der Waals surface area contributed by atoms with Crippen LogP contribution in [0.15, 0.2) is 11.7 Å². The first-order valence-electron chi connectivity index (χ1n) is 5.89. The van der Waals surface area contributed by atoms with Crippen molar-refractivity contribution in [2.45, 2.75) is 33.2 Å². The molecule has 0 saturated heterocycles. The second-order valence-corrected chi connectivity index (χ2v) is 5.02. The first-order chi connectivity index (χ1) is 8.61. The van der Waals surface area contributed by atoms with Crippen LogP contribution in [0, 0.1) is 6.92 Å². The van der Waals surface area contributed by atoms with Gasteiger partial charge in [-0.25, -0.2) is 15.0 Å². The molecule has 0 spiro atoms. The van der Waals surface area contributed by atoms with E-state index in [4.69, 9.17) is 5.73 Å². The van der Waals surface area contributed by atoms with Crippen molar-refractivity contribution in [1.82, 2.24) is 15.0 Å². The van der Waals surface area contributed by atoms with E-state index >= 15 is 0 Å². The largest absolute Gasteiger partial charge is 0.383 e. The lowest BCUT2D eigenvalue weighted by molar-refractivity contribution is 0.847. The molecule has 0 aliphatic heterocycles. The van der Waals surface area contributed by atoms with Gasteiger partial charge >= 0.3 is 0 Å². The first-order valence-corrected chi connectivity index (χ1v) is 6.77. The van der Waals surface area contributed by atoms with Crippen molar-refractivity contribution in [3.05, 3.63) is 28.0 Å². The van der Waals surface area contributed by atoms with E-state index < -0.39 is 0 Å². The molecule has 6 heteroatoms. The maximum Gasteiger partial charge on any atom is 0.135 e. The summed E-state index contributed by atoms with van der Waals surface area (Å²) in [5, 5.41) is 6.44. The van der Waals surface area contributed by atoms with E-state index in [1.807, 2.05) is 19.2 Å². The average Bonchev–Trinajstić information content (AvgIpc) is 2.76. The van der Waals surface area contributed by atoms with Crippen molar-refractivity contribution in [3.63, 3.8) is 0 Å². The molecule has 18 heavy (non-hydrogen) atoms. The third-order valence-electron chi connectivity index (χ3n) is 2.69. The zero-order chi connectivity index (χ0) is 13.1. The van der Waals surface area contributed by atoms with E-state index in [0.717, 1.165) is 28.5 Å². The molecule has 0 aromatic carbocycles. The molecule has 0 fully saturated rings. The number of nitrogens with two attached hydrogens (primary N) is 1. The maximum absolute atomic E-state index is 5.85. The summed E-state index contributed by atoms with van der Waals surface area (Å²) in [6.07, 6.45) is 2.29. The molecule has 0 radical (unpaired) electrons. The third-order valence-corrected chi connectivity index (χ3v) is 3.84. The van der Waals surface area contributed by atoms with E-state index in [1.165, 1.54) is 6.33 Å². The van der Waals surface area contributed by atoms with Crippen molar-refractivity contribution in [2.75, 3.05) is 11.1 Å². The van der Waals surface area contributed by atoms with Crippen LogP contribution >= 0.6 is 11.3 Å². The van der Waals surface area contributed by atoms with Gasteiger partial charge in [0, 0.05) is 16.6 Å². The summed E-state index contributed by atoms with van der Waals surface area (Å²) in [5.74, 6) is 1.34. The van der Waals surface area contributed by atoms with Crippen molar-refractivity contribution < 1.29 is 0 Å². The number of hydrogen-bond donors (Lipinski definition) is 2. The van der Waals surface area contributed by atoms with Crippen LogP contribution in [0.25, 0.3) is 0 Å². The Balaban J connectivity index is 2.21. The Bertz CT molecular complexity index is 537. The molecule has 0 bridgehead atoms. The topological polar surface area (TPSA) is 76.7 Å². The fraction of sp³-hybridized carbons (Fsp3) is 0.417. The Labute approximate surface area is 111 Å². The van der Waals surface area contributed by atoms with Gasteiger partial charge in [-0.05, 0) is 20.3 Å². The molecular weight excluding hydrogens is 246 g/mol. The Morgan fingerprint density at radius 3 is 2.83 bits per heavy atom. The Morgan fingerprint density at radius 1 is 1.44 bits per heavy atom. The molecule has 0 aliphatic rings. The van der Waals surface area contributed by atoms with Gasteiger partial charge in [-0.15, -0.1) is 11.3 Å². The molecule has 0 amide bonds. The van der Waals surface area contributed by atoms with E-state index in [0.29, 0.717) is 5.82 Å². The number of nitrogen functional groups attached to an aromatic ring is 1. The normalized spacial score (nSPS) is 12.4. The minimum absolute atomic E-state index is 0.114. The molecule has 5 nitrogen and oxygen atoms in total. The highest BCUT2D eigenvalue weighted by molar-refractivity contribution is 7.09. The summed E-state index contributed by atoms with van der Waals surface area (Å²) >= 11 is 1.65. The summed E-state index contributed by atoms with van der Waals surface area (Å²) < 4.78 is 0. The molecule has 96 valence electrons. The molecule has 2 aromatic rings. The quantitative estimate of drug-likeness (QED) is 0.886. The summed E-state index contributed by atoms with van der Waals surface area (Å²) in [5.41, 5.74) is 7.85. The lowest BCUT2D eigenvalue weighted by Gasteiger charge is -2.15. The van der Waals surface area contributed by atoms with Crippen LogP contribution in [-0.4, -0.2) is 15.0 Å². The van der Waals surface area contributed by atoms with Gasteiger partial charge in [0.05, 0.1) is 6.04 Å². The van der Waals surface area contributed by atoms with Gasteiger partial charge in [-0.2, -0.15) is 0 Å². The van der Waals surface area contributed by atoms with Crippen molar-refractivity contribution in [3.8, 4) is 0 Å². The molecule has 0 aliphatic carbocycles. The second kappa shape index (κ2) is 5.30. The van der Waals surface area contributed by atoms with Crippen LogP contribution in [-0.2, 0) is 6.42 Å². The Kier molecular flexibility index (Phi) is 3.76. The van der Waals surface area contributed by atoms with Crippen LogP contribution in [0.2, 0.25) is 0 Å². The fourth-order valence-electron chi connectivity index (χ4n) is 1.74. The molecule has 0 saturated carbocycles. The minimum atomic E-state index is 0.114. The highest BCUT2D eigenvalue weighted by atomic mass is 32.1. The second-order valence-electron chi connectivity index (χ2n) is 4.13. The lowest BCUT2D eigenvalue weighted by atomic mass is 10.2. The maximum atomic E-state index is 5.85. The van der Waals surface area contributed by atoms with Gasteiger partial charge in [0.1, 0.15) is 23.0 Å². The van der Waals surface area contributed by atoms with Gasteiger partial charge in [-0.3, -0.25) is 0 Å². The smallest absolute Gasteiger partial charge is 0.135 e. The summed E-state index contributed by atoms with van der Waals surface area (Å²) in [7, 11) is 0. The number of aromatic nitrogens is 3. The predicted octanol–water partition coefficient (Wildman–Crippen LogP) is 2.56. The SMILES string of the molecule is CCc1c(N)ncnc1NC(C)c1nc(C)cs1. The number of thiazole rings is 1. The van der Waals surface area contributed by atoms with E-state index in [-0.39, 0.29) is 6.04 Å². The number of nitrogens with zero attached hydrogens (tertiary/aromatic N) is 3. The molecule has 3 N–H and O–H groups in total. The van der Waals surface area contributed by atoms with Crippen molar-refractivity contribution in [1.29, 1.82) is 0 Å². The van der Waals surface area contributed by atoms with Crippen molar-refractivity contribution >= 4 is 23.0 Å². The Morgan fingerprint density at radius 2 is 2.22 bits per heavy atom. The number of anilines is 2. The molecule has 1 unspecified atom stereocenters. The molecule has 2 aromatic heterocycles. The lowest BCUT2D eigenvalue weighted by Crippen LogP contribution is -2.11. The number of rotatable bonds is 4. The highest BCUT2D eigenvalue weighted by Gasteiger charge is 2.13. The molecule has 2 rings (SSSR count). The van der Waals surface area contributed by atoms with E-state index in [1.54, 1.807) is 11.3 Å². The molecular formula is C12H17N5S. The third kappa shape index (κ3) is 2.59. The monoisotopic (exact) mass is 263 g/mol. The van der Waals surface area contributed by atoms with Gasteiger partial charge in [0.15, 0.2) is 0 Å². The summed E-state index contributed by atoms with van der Waals surface area (Å²) in [4.78, 5) is 12.7. The van der Waals surface area contributed by atoms with Gasteiger partial charge < -0.3 is 11.1 Å². The minimum Gasteiger partial charge on any atom is -0.383 e. The number of aryl methyl sites for hydroxylation is 1. The molecule has 2 heterocycles. The van der Waals surface area contributed by atoms with E-state index in [9.17, 15) is 0 Å². The fourth-order valence-corrected chi connectivity index (χ4v) is 2.54. The van der Waals surface area contributed by atoms with Crippen LogP contribution in [0.1, 0.15) is 36.2 Å². The first kappa shape index (κ1) is 12.8.